The van der Waals surface area contributed by atoms with Crippen molar-refractivity contribution in [1.29, 1.82) is 5.26 Å². The molecule has 7 aliphatic rings. The minimum Gasteiger partial charge on any atom is -0.482 e. The molecule has 4 fully saturated rings. The van der Waals surface area contributed by atoms with Crippen molar-refractivity contribution in [1.82, 2.24) is 10.2 Å². The molecule has 1 saturated heterocycles. The lowest BCUT2D eigenvalue weighted by Gasteiger charge is -2.63. The molecule has 6 atom stereocenters. The summed E-state index contributed by atoms with van der Waals surface area (Å²) >= 11 is 0. The molecule has 3 saturated carbocycles. The van der Waals surface area contributed by atoms with Gasteiger partial charge in [-0.1, -0.05) is 29.4 Å². The number of Topliss-reactive ketones (excluding diaryl/α,β-unsaturated/α-hetero) is 1. The lowest BCUT2D eigenvalue weighted by Crippen LogP contribution is -2.75. The summed E-state index contributed by atoms with van der Waals surface area (Å²) < 4.78 is 33.8. The highest BCUT2D eigenvalue weighted by Crippen LogP contribution is 2.74. The highest BCUT2D eigenvalue weighted by Gasteiger charge is 2.84. The summed E-state index contributed by atoms with van der Waals surface area (Å²) in [6.07, 6.45) is 12.6. The van der Waals surface area contributed by atoms with Gasteiger partial charge in [-0.3, -0.25) is 10.1 Å². The number of rotatable bonds is 13. The van der Waals surface area contributed by atoms with E-state index in [0.717, 1.165) is 35.1 Å². The number of nitrogens with one attached hydrogen (secondary N) is 1. The Hall–Kier alpha value is -4.83. The van der Waals surface area contributed by atoms with E-state index in [4.69, 9.17) is 29.4 Å². The van der Waals surface area contributed by atoms with Crippen molar-refractivity contribution in [3.8, 4) is 23.3 Å². The number of nitriles is 1. The Morgan fingerprint density at radius 1 is 1.12 bits per heavy atom. The lowest BCUT2D eigenvalue weighted by atomic mass is 9.44. The van der Waals surface area contributed by atoms with Gasteiger partial charge in [0.15, 0.2) is 17.0 Å². The molecule has 12 heteroatoms. The molecule has 0 amide bonds. The van der Waals surface area contributed by atoms with Gasteiger partial charge in [-0.05, 0) is 93.2 Å². The molecule has 3 aliphatic carbocycles. The third kappa shape index (κ3) is 6.03. The second-order valence-corrected chi connectivity index (χ2v) is 17.7. The smallest absolute Gasteiger partial charge is 0.333 e. The number of aliphatic hydroxyl groups excluding tert-OH is 1. The van der Waals surface area contributed by atoms with E-state index in [9.17, 15) is 15.2 Å². The molecule has 0 aromatic heterocycles. The summed E-state index contributed by atoms with van der Waals surface area (Å²) in [7, 11) is 3.17. The molecular formula is C46H58N4O8. The number of nitrogens with zero attached hydrogens (tertiary/aromatic N) is 2. The van der Waals surface area contributed by atoms with Gasteiger partial charge in [0, 0.05) is 54.5 Å². The first kappa shape index (κ1) is 41.3. The average Bonchev–Trinajstić information content (AvgIpc) is 3.31. The van der Waals surface area contributed by atoms with Crippen LogP contribution >= 0.6 is 0 Å². The van der Waals surface area contributed by atoms with Gasteiger partial charge in [-0.15, -0.1) is 0 Å². The van der Waals surface area contributed by atoms with Crippen molar-refractivity contribution in [2.45, 2.75) is 110 Å². The average molecular weight is 795 g/mol. The van der Waals surface area contributed by atoms with E-state index in [0.29, 0.717) is 59.0 Å². The SMILES string of the molecule is COC(=O)/C(C)=C\CC12OC(C)(C)C3CC(C1=O)C1C(C#N)=C(N)N(C)C4=C1C32Oc1c(CC=C(C)C)c2c(c(OCNCCO)c14)C=CC(C)(CCC=C(C)C)O2. The zero-order valence-electron chi connectivity index (χ0n) is 35.6. The Balaban J connectivity index is 1.59. The van der Waals surface area contributed by atoms with E-state index >= 15 is 4.79 Å². The Morgan fingerprint density at radius 2 is 1.84 bits per heavy atom. The highest BCUT2D eigenvalue weighted by atomic mass is 16.6. The van der Waals surface area contributed by atoms with Crippen molar-refractivity contribution >= 4 is 23.5 Å². The summed E-state index contributed by atoms with van der Waals surface area (Å²) in [5.41, 5.74) is 9.05. The van der Waals surface area contributed by atoms with Gasteiger partial charge in [0.25, 0.3) is 0 Å². The zero-order valence-corrected chi connectivity index (χ0v) is 35.6. The number of esters is 1. The van der Waals surface area contributed by atoms with Gasteiger partial charge < -0.3 is 39.4 Å². The third-order valence-corrected chi connectivity index (χ3v) is 13.0. The molecule has 1 spiro atoms. The number of benzene rings is 1. The number of carbonyl (C=O) groups is 2. The number of methoxy groups -OCH3 is 1. The number of ketones is 1. The summed E-state index contributed by atoms with van der Waals surface area (Å²) in [4.78, 5) is 30.0. The Kier molecular flexibility index (Phi) is 10.5. The summed E-state index contributed by atoms with van der Waals surface area (Å²) in [6, 6.07) is 2.39. The lowest BCUT2D eigenvalue weighted by molar-refractivity contribution is -0.181. The maximum absolute atomic E-state index is 15.4. The number of aliphatic hydroxyl groups is 1. The van der Waals surface area contributed by atoms with Crippen molar-refractivity contribution in [2.75, 3.05) is 34.0 Å². The van der Waals surface area contributed by atoms with Crippen LogP contribution in [0, 0.1) is 29.1 Å². The van der Waals surface area contributed by atoms with Crippen molar-refractivity contribution < 1.29 is 38.4 Å². The van der Waals surface area contributed by atoms with Crippen molar-refractivity contribution in [2.24, 2.45) is 23.5 Å². The van der Waals surface area contributed by atoms with Gasteiger partial charge in [-0.2, -0.15) is 5.26 Å². The van der Waals surface area contributed by atoms with Crippen molar-refractivity contribution in [3.63, 3.8) is 0 Å². The normalized spacial score (nSPS) is 29.5. The molecule has 4 bridgehead atoms. The van der Waals surface area contributed by atoms with Crippen LogP contribution in [0.4, 0.5) is 0 Å². The van der Waals surface area contributed by atoms with Gasteiger partial charge in [0.1, 0.15) is 35.4 Å². The second kappa shape index (κ2) is 14.8. The largest absolute Gasteiger partial charge is 0.482 e. The molecule has 310 valence electrons. The second-order valence-electron chi connectivity index (χ2n) is 17.7. The fourth-order valence-corrected chi connectivity index (χ4v) is 10.4. The van der Waals surface area contributed by atoms with Crippen LogP contribution in [0.3, 0.4) is 0 Å². The Labute approximate surface area is 342 Å². The van der Waals surface area contributed by atoms with Crippen LogP contribution in [0.25, 0.3) is 11.8 Å². The van der Waals surface area contributed by atoms with Gasteiger partial charge >= 0.3 is 5.97 Å². The maximum atomic E-state index is 15.4. The Bertz CT molecular complexity index is 2180. The molecule has 4 N–H and O–H groups in total. The molecule has 0 radical (unpaired) electrons. The molecule has 4 aliphatic heterocycles. The fourth-order valence-electron chi connectivity index (χ4n) is 10.4. The zero-order chi connectivity index (χ0) is 42.1. The van der Waals surface area contributed by atoms with Crippen molar-refractivity contribution in [3.05, 3.63) is 74.7 Å². The molecule has 8 rings (SSSR count). The van der Waals surface area contributed by atoms with E-state index in [1.54, 1.807) is 13.0 Å². The number of hydrogen-bond donors (Lipinski definition) is 3. The first-order valence-electron chi connectivity index (χ1n) is 20.3. The van der Waals surface area contributed by atoms with Gasteiger partial charge in [0.2, 0.25) is 0 Å². The number of carbonyl (C=O) groups excluding carboxylic acids is 2. The molecule has 6 unspecified atom stereocenters. The highest BCUT2D eigenvalue weighted by molar-refractivity contribution is 6.02. The summed E-state index contributed by atoms with van der Waals surface area (Å²) in [5.74, 6) is -0.479. The Morgan fingerprint density at radius 3 is 2.50 bits per heavy atom. The van der Waals surface area contributed by atoms with Crippen LogP contribution < -0.4 is 25.3 Å². The van der Waals surface area contributed by atoms with E-state index < -0.39 is 40.2 Å². The van der Waals surface area contributed by atoms with Crippen LogP contribution in [0.2, 0.25) is 0 Å². The molecule has 1 aromatic carbocycles. The number of ether oxygens (including phenoxy) is 5. The van der Waals surface area contributed by atoms with Gasteiger partial charge in [0.05, 0.1) is 47.8 Å². The van der Waals surface area contributed by atoms with E-state index in [-0.39, 0.29) is 37.3 Å². The summed E-state index contributed by atoms with van der Waals surface area (Å²) in [5, 5.41) is 23.6. The van der Waals surface area contributed by atoms with Gasteiger partial charge in [-0.25, -0.2) is 4.79 Å². The number of allylic oxidation sites excluding steroid dienone is 5. The molecule has 1 aromatic rings. The predicted molar refractivity (Wildman–Crippen MR) is 220 cm³/mol. The first-order valence-corrected chi connectivity index (χ1v) is 20.3. The predicted octanol–water partition coefficient (Wildman–Crippen LogP) is 6.40. The van der Waals surface area contributed by atoms with E-state index in [1.807, 2.05) is 39.6 Å². The molecule has 58 heavy (non-hydrogen) atoms. The monoisotopic (exact) mass is 794 g/mol. The number of nitrogens with two attached hydrogens (primary N) is 1. The van der Waals surface area contributed by atoms with Crippen LogP contribution in [0.15, 0.2) is 58.0 Å². The van der Waals surface area contributed by atoms with Crippen LogP contribution in [-0.4, -0.2) is 78.2 Å². The summed E-state index contributed by atoms with van der Waals surface area (Å²) in [6.45, 7) is 16.3. The van der Waals surface area contributed by atoms with E-state index in [2.05, 4.69) is 56.5 Å². The van der Waals surface area contributed by atoms with Crippen LogP contribution in [0.1, 0.15) is 97.8 Å². The first-order chi connectivity index (χ1) is 27.4. The molecule has 4 heterocycles. The minimum absolute atomic E-state index is 0.0389. The van der Waals surface area contributed by atoms with Crippen LogP contribution in [0.5, 0.6) is 17.2 Å². The number of hydrogen-bond acceptors (Lipinski definition) is 12. The molecule has 12 nitrogen and oxygen atoms in total. The van der Waals surface area contributed by atoms with E-state index in [1.165, 1.54) is 12.7 Å². The van der Waals surface area contributed by atoms with Crippen LogP contribution in [-0.2, 0) is 25.5 Å². The standard InChI is InChI=1S/C46H58N4O8/c1-25(2)12-11-17-44(8)18-16-29-37(56-44)28(14-13-26(3)4)39-34(38(29)55-24-49-20-21-51)36-35-33(31(23-47)41(48)50(36)9)30-22-32-43(6,7)58-45(40(30)52,46(32,35)57-39)19-15-27(5)42(53)54-10/h12-13,15-16,18,30,32-33,49,51H,11,14,17,19-22,24,48H2,1-10H3/b27-15-. The minimum atomic E-state index is -1.57. The molecular weight excluding hydrogens is 737 g/mol. The maximum Gasteiger partial charge on any atom is 0.333 e. The topological polar surface area (TPSA) is 166 Å². The third-order valence-electron chi connectivity index (χ3n) is 13.0. The quantitative estimate of drug-likeness (QED) is 0.0663. The fraction of sp³-hybridized carbons (Fsp3) is 0.543. The number of fused-ring (bicyclic) bond motifs is 3.